The zero-order valence-corrected chi connectivity index (χ0v) is 62.3. The van der Waals surface area contributed by atoms with Crippen LogP contribution in [-0.4, -0.2) is 4.22 Å². The van der Waals surface area contributed by atoms with E-state index < -0.39 is 0 Å². The van der Waals surface area contributed by atoms with Gasteiger partial charge in [-0.25, -0.2) is 0 Å². The van der Waals surface area contributed by atoms with E-state index in [1.54, 1.807) is 0 Å². The second-order valence-electron chi connectivity index (χ2n) is 11.9. The van der Waals surface area contributed by atoms with Gasteiger partial charge >= 0.3 is 0 Å². The minimum Gasteiger partial charge on any atom is -0.303 e. The van der Waals surface area contributed by atoms with Crippen LogP contribution in [0.4, 0.5) is 0 Å². The zero-order valence-electron chi connectivity index (χ0n) is 60.1. The van der Waals surface area contributed by atoms with Crippen LogP contribution >= 0.6 is 22.6 Å². The van der Waals surface area contributed by atoms with Crippen molar-refractivity contribution in [2.45, 2.75) is 0 Å². The Morgan fingerprint density at radius 2 is 0.119 bits per heavy atom. The summed E-state index contributed by atoms with van der Waals surface area (Å²) >= 11 is 1.81. The van der Waals surface area contributed by atoms with Gasteiger partial charge in [0.2, 0.25) is 0 Å². The van der Waals surface area contributed by atoms with Crippen molar-refractivity contribution in [2.75, 3.05) is 0 Å². The number of hydrogen-bond acceptors (Lipinski definition) is 2. The number of nitrogens with two attached hydrogens (primary N) is 1. The number of rotatable bonds is 65. The lowest BCUT2D eigenvalue weighted by molar-refractivity contribution is 0.722. The summed E-state index contributed by atoms with van der Waals surface area (Å²) in [4.78, 5) is 0. The largest absolute Gasteiger partial charge is 0.303 e. The van der Waals surface area contributed by atoms with E-state index in [2.05, 4.69) is 690 Å². The maximum absolute atomic E-state index is 4.64. The van der Waals surface area contributed by atoms with Crippen LogP contribution in [0.25, 0.3) is 0 Å². The minimum absolute atomic E-state index is 1.33. The molecule has 0 spiro atoms. The normalized spacial score (nSPS) is 15.8. The third-order valence-corrected chi connectivity index (χ3v) is 5.52. The van der Waals surface area contributed by atoms with Gasteiger partial charge in [-0.05, 0) is 101 Å². The predicted octanol–water partition coefficient (Wildman–Crippen LogP) is 24.2. The summed E-state index contributed by atoms with van der Waals surface area (Å²) in [6.07, 6.45) is 0. The quantitative estimate of drug-likeness (QED) is 0.0200. The Morgan fingerprint density at radius 3 is 0.164 bits per heavy atom. The summed E-state index contributed by atoms with van der Waals surface area (Å²) in [5.74, 6) is 4.64. The fourth-order valence-electron chi connectivity index (χ4n) is 2.34. The number of hydrogen-bond donors (Lipinski definition) is 1. The van der Waals surface area contributed by atoms with Gasteiger partial charge in [-0.15, -0.1) is 5.10 Å². The Morgan fingerprint density at radius 1 is 0.0746 bits per heavy atom. The van der Waals surface area contributed by atoms with Crippen molar-refractivity contribution in [3.63, 3.8) is 0 Å². The maximum Gasteiger partial charge on any atom is 0.0897 e. The highest BCUT2D eigenvalue weighted by molar-refractivity contribution is 14.1. The lowest BCUT2D eigenvalue weighted by atomic mass is 11.7. The molecule has 0 saturated heterocycles. The van der Waals surface area contributed by atoms with Crippen LogP contribution in [0.5, 0.6) is 0 Å². The molecule has 0 aliphatic heterocycles. The second kappa shape index (κ2) is 107. The molecule has 132 nitrogen and oxygen atoms in total. The molecule has 674 valence electrons. The molecule has 0 aromatic heterocycles. The molecule has 0 rings (SSSR count). The average molecular weight is 1990 g/mol. The summed E-state index contributed by atoms with van der Waals surface area (Å²) < 4.78 is 1.33. The van der Waals surface area contributed by atoms with Gasteiger partial charge in [-0.2, -0.15) is 0 Å². The van der Waals surface area contributed by atoms with E-state index in [-0.39, 0.29) is 0 Å². The van der Waals surface area contributed by atoms with Gasteiger partial charge < -0.3 is 5.84 Å². The van der Waals surface area contributed by atoms with Gasteiger partial charge in [-0.1, -0.05) is 5.22 Å². The third-order valence-electron chi connectivity index (χ3n) is 5.27. The van der Waals surface area contributed by atoms with E-state index in [9.17, 15) is 0 Å². The first-order valence-electron chi connectivity index (χ1n) is 26.7. The summed E-state index contributed by atoms with van der Waals surface area (Å²) in [6, 6.07) is 0. The highest BCUT2D eigenvalue weighted by Crippen LogP contribution is 2.02. The first-order chi connectivity index (χ1) is 66.9. The molecule has 0 atom stereocenters. The Kier molecular flexibility index (Phi) is 86.6. The molecule has 133 heteroatoms. The Hall–Kier alpha value is -25.8. The second-order valence-corrected chi connectivity index (χ2v) is 12.4. The van der Waals surface area contributed by atoms with Gasteiger partial charge in [0.25, 0.3) is 0 Å². The van der Waals surface area contributed by atoms with E-state index in [1.165, 1.54) is 4.22 Å². The Balaban J connectivity index is 4.14. The van der Waals surface area contributed by atoms with Crippen LogP contribution in [0.15, 0.2) is 684 Å². The van der Waals surface area contributed by atoms with E-state index >= 15 is 0 Å². The topological polar surface area (TPSA) is 1650 Å². The van der Waals surface area contributed by atoms with Crippen molar-refractivity contribution < 1.29 is 0 Å². The highest BCUT2D eigenvalue weighted by atomic mass is 127. The van der Waals surface area contributed by atoms with Crippen LogP contribution in [-0.2, 0) is 0 Å². The van der Waals surface area contributed by atoms with Crippen molar-refractivity contribution in [2.24, 2.45) is 690 Å². The summed E-state index contributed by atoms with van der Waals surface area (Å²) in [6.45, 7) is 0. The molecule has 0 aromatic rings. The van der Waals surface area contributed by atoms with Crippen molar-refractivity contribution >= 4 is 26.8 Å². The smallest absolute Gasteiger partial charge is 0.0897 e. The SMILES string of the molecule is NN=NN=NN=NN=NN=NN=NN=NN=NN=NN=NN=NN=NN=NN=NN=NN=NN=NN=NN=NN=NN=NN=NN=NN=NN=NN=NN=NN=NN=NN=NN=NN=NN=NN=NN=NN=NN=NN=NN=NN=NN=NN=NN=NN=NN=NN=NN=NN=NN=NN=NN=NN=NN=NN=NN=NN=NN=NN=NN=NN=NN=NN=NN=NN=NN=NN=CI. The molecule has 0 unspecified atom stereocenters. The van der Waals surface area contributed by atoms with Crippen molar-refractivity contribution in [1.82, 2.24) is 0 Å². The van der Waals surface area contributed by atoms with Gasteiger partial charge in [0.1, 0.15) is 0 Å². The Labute approximate surface area is 715 Å². The summed E-state index contributed by atoms with van der Waals surface area (Å²) in [5.41, 5.74) is 0. The van der Waals surface area contributed by atoms with E-state index in [0.717, 1.165) is 0 Å². The van der Waals surface area contributed by atoms with Gasteiger partial charge in [0.15, 0.2) is 0 Å². The molecule has 0 radical (unpaired) electrons. The lowest BCUT2D eigenvalue weighted by Gasteiger charge is -1.71. The predicted molar refractivity (Wildman–Crippen MR) is 342 cm³/mol. The van der Waals surface area contributed by atoms with E-state index in [1.807, 2.05) is 22.6 Å². The van der Waals surface area contributed by atoms with Gasteiger partial charge in [0, 0.05) is 595 Å². The third kappa shape index (κ3) is 106. The highest BCUT2D eigenvalue weighted by Gasteiger charge is 1.83. The van der Waals surface area contributed by atoms with Crippen LogP contribution in [0.2, 0.25) is 0 Å². The standard InChI is InChI=1S/CH3IN132/c2-1-4-6-8-10-12-14-16-18-20-22-24-26-28-30-32-34-36-38-40-42-44-46-48-50-52-54-56-58-60-62-64-66-68-70-72-74-76-78-80-82-84-86-88-90-92-94-96-98-100-102-104-106-108-110-112-114-116-118-120-122-124-126-128-130-132-134-133-131-129-127-125-123-121-119-117-115-113-111-109-107-105-103-101-99-97-95-93-91-89-87-85-83-81-79-77-75-73-71-69-67-65-63-61-59-57-55-53-51-49-47-45-43-41-39-37-35-33-31-29-27-25-23-21-19-17-15-13-11-9-7-5-3/h1H,(H2,3,6,7,10,11,14,15,18,19,22,23,26,27,30,31,34,35,38,39,42,43,46,47,50,51,54,55,58,59,62,63,66,67,70,71,74,75,78,79,82,83,86,87,90,91,94,95,98,99,102,103,106,107,110,111,114,115,118,119,122,123,126,127,130,131,134). The lowest BCUT2D eigenvalue weighted by Crippen LogP contribution is -1.70. The summed E-state index contributed by atoms with van der Waals surface area (Å²) in [7, 11) is 0. The molecule has 2 N–H and O–H groups in total. The molecule has 0 aromatic carbocycles. The molecule has 0 amide bonds. The molecule has 0 aliphatic rings. The molecular formula is CH3IN132. The fourth-order valence-corrected chi connectivity index (χ4v) is 2.45. The molecular weight excluding hydrogens is 1990 g/mol. The van der Waals surface area contributed by atoms with Crippen LogP contribution in [0, 0.1) is 0 Å². The van der Waals surface area contributed by atoms with Crippen LogP contribution < -0.4 is 5.84 Å². The molecule has 0 saturated carbocycles. The van der Waals surface area contributed by atoms with Gasteiger partial charge in [-0.3, -0.25) is 0 Å². The minimum atomic E-state index is 1.33. The molecule has 134 heavy (non-hydrogen) atoms. The van der Waals surface area contributed by atoms with E-state index in [4.69, 9.17) is 0 Å². The maximum atomic E-state index is 4.64. The number of halogens is 1. The van der Waals surface area contributed by atoms with Gasteiger partial charge in [0.05, 0.1) is 4.22 Å². The molecule has 0 aliphatic carbocycles. The Bertz CT molecular complexity index is 4610. The van der Waals surface area contributed by atoms with E-state index in [0.29, 0.717) is 0 Å². The molecule has 0 bridgehead atoms. The van der Waals surface area contributed by atoms with Crippen molar-refractivity contribution in [3.05, 3.63) is 0 Å². The monoisotopic (exact) mass is 1990 g/mol. The summed E-state index contributed by atoms with van der Waals surface area (Å²) in [5, 5.41) is 393. The molecule has 0 heterocycles. The average Bonchev–Trinajstić information content (AvgIpc) is 1.13. The van der Waals surface area contributed by atoms with Crippen molar-refractivity contribution in [3.8, 4) is 0 Å². The first kappa shape index (κ1) is 108. The fraction of sp³-hybridized carbons (Fsp3) is 0. The van der Waals surface area contributed by atoms with Crippen LogP contribution in [0.3, 0.4) is 0 Å². The van der Waals surface area contributed by atoms with Crippen molar-refractivity contribution in [1.29, 1.82) is 0 Å². The number of nitrogens with zero attached hydrogens (tertiary/aromatic N) is 131. The zero-order chi connectivity index (χ0) is 95.3. The van der Waals surface area contributed by atoms with Crippen LogP contribution in [0.1, 0.15) is 0 Å². The first-order valence-corrected chi connectivity index (χ1v) is 28.0. The molecule has 0 fully saturated rings.